The third-order valence-electron chi connectivity index (χ3n) is 3.01. The van der Waals surface area contributed by atoms with E-state index >= 15 is 0 Å². The molecule has 0 aromatic carbocycles. The van der Waals surface area contributed by atoms with Crippen LogP contribution in [0.4, 0.5) is 0 Å². The van der Waals surface area contributed by atoms with Crippen molar-refractivity contribution in [3.63, 3.8) is 0 Å². The maximum Gasteiger partial charge on any atom is 0.239 e. The smallest absolute Gasteiger partial charge is 0.239 e. The molecular formula is C12H24N2O2. The number of ether oxygens (including phenoxy) is 1. The van der Waals surface area contributed by atoms with Crippen molar-refractivity contribution in [2.24, 2.45) is 11.7 Å². The molecule has 4 nitrogen and oxygen atoms in total. The first-order valence-electron chi connectivity index (χ1n) is 6.11. The Morgan fingerprint density at radius 3 is 2.56 bits per heavy atom. The normalized spacial score (nSPS) is 17.6. The van der Waals surface area contributed by atoms with E-state index in [1.807, 2.05) is 18.7 Å². The standard InChI is InChI=1S/C12H24N2O2/c1-9(2)14(8-10-4-5-10)12(15)11(13)6-7-16-3/h9-11H,4-8,13H2,1-3H3. The van der Waals surface area contributed by atoms with Crippen LogP contribution in [0.15, 0.2) is 0 Å². The van der Waals surface area contributed by atoms with Crippen LogP contribution in [0.1, 0.15) is 33.1 Å². The second kappa shape index (κ2) is 6.21. The zero-order chi connectivity index (χ0) is 12.1. The highest BCUT2D eigenvalue weighted by molar-refractivity contribution is 5.81. The minimum absolute atomic E-state index is 0.0685. The van der Waals surface area contributed by atoms with Gasteiger partial charge >= 0.3 is 0 Å². The Labute approximate surface area is 98.1 Å². The molecule has 0 aliphatic heterocycles. The first-order valence-corrected chi connectivity index (χ1v) is 6.11. The van der Waals surface area contributed by atoms with Gasteiger partial charge in [-0.15, -0.1) is 0 Å². The molecule has 1 saturated carbocycles. The maximum atomic E-state index is 12.1. The predicted octanol–water partition coefficient (Wildman–Crippen LogP) is 0.997. The van der Waals surface area contributed by atoms with E-state index in [1.54, 1.807) is 7.11 Å². The van der Waals surface area contributed by atoms with Gasteiger partial charge in [-0.3, -0.25) is 4.79 Å². The molecule has 1 atom stereocenters. The number of methoxy groups -OCH3 is 1. The van der Waals surface area contributed by atoms with E-state index < -0.39 is 6.04 Å². The lowest BCUT2D eigenvalue weighted by molar-refractivity contribution is -0.135. The van der Waals surface area contributed by atoms with Crippen LogP contribution in [0.25, 0.3) is 0 Å². The summed E-state index contributed by atoms with van der Waals surface area (Å²) in [4.78, 5) is 14.0. The van der Waals surface area contributed by atoms with Crippen molar-refractivity contribution in [1.29, 1.82) is 0 Å². The van der Waals surface area contributed by atoms with Gasteiger partial charge in [0.2, 0.25) is 5.91 Å². The topological polar surface area (TPSA) is 55.6 Å². The Morgan fingerprint density at radius 1 is 1.50 bits per heavy atom. The van der Waals surface area contributed by atoms with Crippen molar-refractivity contribution in [2.45, 2.75) is 45.2 Å². The highest BCUT2D eigenvalue weighted by atomic mass is 16.5. The molecule has 1 amide bonds. The van der Waals surface area contributed by atoms with Crippen LogP contribution < -0.4 is 5.73 Å². The number of nitrogens with zero attached hydrogens (tertiary/aromatic N) is 1. The summed E-state index contributed by atoms with van der Waals surface area (Å²) in [5.41, 5.74) is 5.87. The van der Waals surface area contributed by atoms with Crippen LogP contribution >= 0.6 is 0 Å². The zero-order valence-corrected chi connectivity index (χ0v) is 10.6. The number of hydrogen-bond acceptors (Lipinski definition) is 3. The van der Waals surface area contributed by atoms with Crippen LogP contribution in [-0.4, -0.2) is 43.2 Å². The van der Waals surface area contributed by atoms with Gasteiger partial charge < -0.3 is 15.4 Å². The molecule has 16 heavy (non-hydrogen) atoms. The SMILES string of the molecule is COCCC(N)C(=O)N(CC1CC1)C(C)C. The molecule has 1 aliphatic carbocycles. The second-order valence-electron chi connectivity index (χ2n) is 4.92. The minimum Gasteiger partial charge on any atom is -0.385 e. The van der Waals surface area contributed by atoms with Crippen molar-refractivity contribution in [3.05, 3.63) is 0 Å². The molecule has 0 aromatic heterocycles. The number of carbonyl (C=O) groups excluding carboxylic acids is 1. The molecular weight excluding hydrogens is 204 g/mol. The number of carbonyl (C=O) groups is 1. The highest BCUT2D eigenvalue weighted by Gasteiger charge is 2.30. The fourth-order valence-electron chi connectivity index (χ4n) is 1.72. The van der Waals surface area contributed by atoms with Crippen molar-refractivity contribution >= 4 is 5.91 Å². The first-order chi connectivity index (χ1) is 7.56. The average Bonchev–Trinajstić information content (AvgIpc) is 3.04. The molecule has 0 radical (unpaired) electrons. The van der Waals surface area contributed by atoms with Gasteiger partial charge in [0.05, 0.1) is 6.04 Å². The lowest BCUT2D eigenvalue weighted by Crippen LogP contribution is -2.48. The van der Waals surface area contributed by atoms with Gasteiger partial charge in [0, 0.05) is 26.3 Å². The highest BCUT2D eigenvalue weighted by Crippen LogP contribution is 2.30. The Kier molecular flexibility index (Phi) is 5.22. The molecule has 1 aliphatic rings. The molecule has 4 heteroatoms. The molecule has 94 valence electrons. The lowest BCUT2D eigenvalue weighted by atomic mass is 10.1. The molecule has 0 heterocycles. The fourth-order valence-corrected chi connectivity index (χ4v) is 1.72. The minimum atomic E-state index is -0.416. The van der Waals surface area contributed by atoms with Crippen molar-refractivity contribution in [1.82, 2.24) is 4.90 Å². The summed E-state index contributed by atoms with van der Waals surface area (Å²) in [6.45, 7) is 5.51. The van der Waals surface area contributed by atoms with Gasteiger partial charge in [0.15, 0.2) is 0 Å². The largest absolute Gasteiger partial charge is 0.385 e. The average molecular weight is 228 g/mol. The molecule has 0 aromatic rings. The van der Waals surface area contributed by atoms with Crippen molar-refractivity contribution < 1.29 is 9.53 Å². The Balaban J connectivity index is 2.44. The summed E-state index contributed by atoms with van der Waals surface area (Å²) >= 11 is 0. The van der Waals surface area contributed by atoms with E-state index in [2.05, 4.69) is 0 Å². The molecule has 1 unspecified atom stereocenters. The van der Waals surface area contributed by atoms with Gasteiger partial charge in [-0.05, 0) is 39.0 Å². The van der Waals surface area contributed by atoms with Crippen LogP contribution in [0.3, 0.4) is 0 Å². The molecule has 0 saturated heterocycles. The van der Waals surface area contributed by atoms with Gasteiger partial charge in [-0.2, -0.15) is 0 Å². The third kappa shape index (κ3) is 4.10. The van der Waals surface area contributed by atoms with Gasteiger partial charge in [0.25, 0.3) is 0 Å². The Morgan fingerprint density at radius 2 is 2.12 bits per heavy atom. The molecule has 1 rings (SSSR count). The zero-order valence-electron chi connectivity index (χ0n) is 10.6. The lowest BCUT2D eigenvalue weighted by Gasteiger charge is -2.29. The van der Waals surface area contributed by atoms with E-state index in [-0.39, 0.29) is 11.9 Å². The summed E-state index contributed by atoms with van der Waals surface area (Å²) in [6.07, 6.45) is 3.11. The van der Waals surface area contributed by atoms with Crippen molar-refractivity contribution in [3.8, 4) is 0 Å². The van der Waals surface area contributed by atoms with Crippen LogP contribution in [0.2, 0.25) is 0 Å². The van der Waals surface area contributed by atoms with Crippen molar-refractivity contribution in [2.75, 3.05) is 20.3 Å². The molecule has 0 bridgehead atoms. The number of nitrogens with two attached hydrogens (primary N) is 1. The fraction of sp³-hybridized carbons (Fsp3) is 0.917. The van der Waals surface area contributed by atoms with Gasteiger partial charge in [0.1, 0.15) is 0 Å². The van der Waals surface area contributed by atoms with Crippen LogP contribution in [-0.2, 0) is 9.53 Å². The number of rotatable bonds is 7. The van der Waals surface area contributed by atoms with E-state index in [9.17, 15) is 4.79 Å². The molecule has 2 N–H and O–H groups in total. The summed E-state index contributed by atoms with van der Waals surface area (Å²) in [5, 5.41) is 0. The number of hydrogen-bond donors (Lipinski definition) is 1. The Bertz CT molecular complexity index is 227. The van der Waals surface area contributed by atoms with E-state index in [4.69, 9.17) is 10.5 Å². The quantitative estimate of drug-likeness (QED) is 0.707. The van der Waals surface area contributed by atoms with E-state index in [1.165, 1.54) is 12.8 Å². The summed E-state index contributed by atoms with van der Waals surface area (Å²) < 4.78 is 4.95. The predicted molar refractivity (Wildman–Crippen MR) is 64.0 cm³/mol. The van der Waals surface area contributed by atoms with Crippen LogP contribution in [0, 0.1) is 5.92 Å². The van der Waals surface area contributed by atoms with E-state index in [0.29, 0.717) is 18.9 Å². The third-order valence-corrected chi connectivity index (χ3v) is 3.01. The Hall–Kier alpha value is -0.610. The first kappa shape index (κ1) is 13.5. The number of amides is 1. The van der Waals surface area contributed by atoms with Crippen LogP contribution in [0.5, 0.6) is 0 Å². The summed E-state index contributed by atoms with van der Waals surface area (Å²) in [5.74, 6) is 0.778. The van der Waals surface area contributed by atoms with E-state index in [0.717, 1.165) is 6.54 Å². The monoisotopic (exact) mass is 228 g/mol. The maximum absolute atomic E-state index is 12.1. The summed E-state index contributed by atoms with van der Waals surface area (Å²) in [7, 11) is 1.63. The summed E-state index contributed by atoms with van der Waals surface area (Å²) in [6, 6.07) is -0.178. The van der Waals surface area contributed by atoms with Gasteiger partial charge in [-0.1, -0.05) is 0 Å². The molecule has 1 fully saturated rings. The second-order valence-corrected chi connectivity index (χ2v) is 4.92. The van der Waals surface area contributed by atoms with Gasteiger partial charge in [-0.25, -0.2) is 0 Å². The molecule has 0 spiro atoms.